The summed E-state index contributed by atoms with van der Waals surface area (Å²) in [4.78, 5) is 26.5. The number of benzene rings is 1. The van der Waals surface area contributed by atoms with E-state index in [0.29, 0.717) is 17.9 Å². The van der Waals surface area contributed by atoms with E-state index in [1.807, 2.05) is 24.0 Å². The fraction of sp³-hybridized carbons (Fsp3) is 0.619. The average molecular weight is 374 g/mol. The van der Waals surface area contributed by atoms with Crippen LogP contribution in [0.5, 0.6) is 5.75 Å². The largest absolute Gasteiger partial charge is 0.484 e. The molecule has 148 valence electrons. The Kier molecular flexibility index (Phi) is 7.10. The van der Waals surface area contributed by atoms with Crippen LogP contribution in [0.1, 0.15) is 51.9 Å². The van der Waals surface area contributed by atoms with Gasteiger partial charge in [0.2, 0.25) is 0 Å². The Labute approximate surface area is 161 Å². The van der Waals surface area contributed by atoms with Gasteiger partial charge in [-0.1, -0.05) is 25.8 Å². The summed E-state index contributed by atoms with van der Waals surface area (Å²) in [6.45, 7) is 3.62. The van der Waals surface area contributed by atoms with E-state index in [0.717, 1.165) is 38.8 Å². The van der Waals surface area contributed by atoms with Crippen molar-refractivity contribution in [2.75, 3.05) is 25.0 Å². The summed E-state index contributed by atoms with van der Waals surface area (Å²) in [5, 5.41) is 2.91. The summed E-state index contributed by atoms with van der Waals surface area (Å²) in [7, 11) is 0. The molecule has 1 atom stereocenters. The molecule has 1 aliphatic carbocycles. The van der Waals surface area contributed by atoms with E-state index in [9.17, 15) is 9.59 Å². The van der Waals surface area contributed by atoms with Gasteiger partial charge in [-0.3, -0.25) is 9.59 Å². The maximum atomic E-state index is 12.5. The van der Waals surface area contributed by atoms with Crippen molar-refractivity contribution in [2.24, 2.45) is 0 Å². The lowest BCUT2D eigenvalue weighted by atomic mass is 10.2. The molecular weight excluding hydrogens is 344 g/mol. The molecule has 0 radical (unpaired) electrons. The lowest BCUT2D eigenvalue weighted by Crippen LogP contribution is -2.33. The maximum absolute atomic E-state index is 12.5. The topological polar surface area (TPSA) is 67.9 Å². The number of anilines is 1. The highest BCUT2D eigenvalue weighted by atomic mass is 16.5. The van der Waals surface area contributed by atoms with Crippen molar-refractivity contribution in [1.82, 2.24) is 4.90 Å². The van der Waals surface area contributed by atoms with E-state index in [2.05, 4.69) is 5.32 Å². The molecule has 1 heterocycles. The number of rotatable bonds is 8. The molecule has 1 aromatic rings. The van der Waals surface area contributed by atoms with Crippen LogP contribution in [0.15, 0.2) is 24.3 Å². The van der Waals surface area contributed by atoms with Crippen LogP contribution in [0.3, 0.4) is 0 Å². The summed E-state index contributed by atoms with van der Waals surface area (Å²) >= 11 is 0. The van der Waals surface area contributed by atoms with Crippen molar-refractivity contribution in [3.05, 3.63) is 24.3 Å². The molecule has 6 heteroatoms. The smallest absolute Gasteiger partial charge is 0.260 e. The van der Waals surface area contributed by atoms with Crippen LogP contribution < -0.4 is 10.1 Å². The summed E-state index contributed by atoms with van der Waals surface area (Å²) in [6, 6.07) is 7.16. The third kappa shape index (κ3) is 5.70. The number of likely N-dealkylation sites (tertiary alicyclic amines) is 1. The molecule has 1 aromatic carbocycles. The van der Waals surface area contributed by atoms with Gasteiger partial charge in [-0.05, 0) is 44.2 Å². The Morgan fingerprint density at radius 2 is 1.93 bits per heavy atom. The Morgan fingerprint density at radius 1 is 1.19 bits per heavy atom. The molecule has 27 heavy (non-hydrogen) atoms. The van der Waals surface area contributed by atoms with E-state index in [-0.39, 0.29) is 24.5 Å². The van der Waals surface area contributed by atoms with E-state index < -0.39 is 6.10 Å². The van der Waals surface area contributed by atoms with E-state index in [1.54, 1.807) is 12.1 Å². The van der Waals surface area contributed by atoms with Gasteiger partial charge in [-0.2, -0.15) is 0 Å². The molecule has 1 N–H and O–H groups in total. The van der Waals surface area contributed by atoms with E-state index >= 15 is 0 Å². The molecule has 2 aliphatic rings. The molecule has 1 aliphatic heterocycles. The lowest BCUT2D eigenvalue weighted by Gasteiger charge is -2.20. The van der Waals surface area contributed by atoms with Crippen molar-refractivity contribution in [3.8, 4) is 5.75 Å². The van der Waals surface area contributed by atoms with Crippen LogP contribution >= 0.6 is 0 Å². The number of hydrogen-bond acceptors (Lipinski definition) is 4. The monoisotopic (exact) mass is 374 g/mol. The first kappa shape index (κ1) is 19.7. The van der Waals surface area contributed by atoms with Crippen LogP contribution in [0.2, 0.25) is 0 Å². The van der Waals surface area contributed by atoms with E-state index in [1.165, 1.54) is 12.8 Å². The third-order valence-electron chi connectivity index (χ3n) is 5.24. The second kappa shape index (κ2) is 9.74. The molecule has 0 spiro atoms. The second-order valence-corrected chi connectivity index (χ2v) is 7.33. The number of nitrogens with one attached hydrogen (secondary N) is 1. The highest BCUT2D eigenvalue weighted by molar-refractivity contribution is 5.94. The molecule has 1 saturated carbocycles. The summed E-state index contributed by atoms with van der Waals surface area (Å²) in [5.74, 6) is 0.456. The Balaban J connectivity index is 1.51. The fourth-order valence-electron chi connectivity index (χ4n) is 3.69. The molecule has 1 unspecified atom stereocenters. The van der Waals surface area contributed by atoms with Gasteiger partial charge in [0, 0.05) is 24.8 Å². The first-order chi connectivity index (χ1) is 13.2. The van der Waals surface area contributed by atoms with Gasteiger partial charge in [-0.25, -0.2) is 0 Å². The summed E-state index contributed by atoms with van der Waals surface area (Å²) in [5.41, 5.74) is 0.652. The second-order valence-electron chi connectivity index (χ2n) is 7.33. The Bertz CT molecular complexity index is 637. The Morgan fingerprint density at radius 3 is 2.63 bits per heavy atom. The minimum absolute atomic E-state index is 0.0120. The summed E-state index contributed by atoms with van der Waals surface area (Å²) in [6.07, 6.45) is 6.97. The van der Waals surface area contributed by atoms with Crippen molar-refractivity contribution in [2.45, 2.75) is 64.1 Å². The molecule has 6 nitrogen and oxygen atoms in total. The van der Waals surface area contributed by atoms with Crippen molar-refractivity contribution >= 4 is 17.5 Å². The highest BCUT2D eigenvalue weighted by Crippen LogP contribution is 2.24. The molecule has 0 aromatic heterocycles. The zero-order valence-corrected chi connectivity index (χ0v) is 16.1. The van der Waals surface area contributed by atoms with Crippen LogP contribution in [0, 0.1) is 0 Å². The lowest BCUT2D eigenvalue weighted by molar-refractivity contribution is -0.132. The standard InChI is InChI=1S/C21H30N2O4/c1-2-19(27-17-9-3-4-10-17)21(25)22-16-8-7-11-18(14-16)26-15-20(24)23-12-5-6-13-23/h7-8,11,14,17,19H,2-6,9-10,12-13,15H2,1H3,(H,22,25). The van der Waals surface area contributed by atoms with Crippen molar-refractivity contribution < 1.29 is 19.1 Å². The van der Waals surface area contributed by atoms with Gasteiger partial charge < -0.3 is 19.7 Å². The number of carbonyl (C=O) groups excluding carboxylic acids is 2. The van der Waals surface area contributed by atoms with Gasteiger partial charge in [0.1, 0.15) is 11.9 Å². The van der Waals surface area contributed by atoms with Gasteiger partial charge >= 0.3 is 0 Å². The molecule has 2 amide bonds. The number of hydrogen-bond donors (Lipinski definition) is 1. The van der Waals surface area contributed by atoms with Crippen LogP contribution in [-0.4, -0.2) is 48.6 Å². The van der Waals surface area contributed by atoms with Crippen molar-refractivity contribution in [1.29, 1.82) is 0 Å². The maximum Gasteiger partial charge on any atom is 0.260 e. The van der Waals surface area contributed by atoms with Crippen LogP contribution in [-0.2, 0) is 14.3 Å². The zero-order chi connectivity index (χ0) is 19.1. The van der Waals surface area contributed by atoms with Gasteiger partial charge in [-0.15, -0.1) is 0 Å². The average Bonchev–Trinajstić information content (AvgIpc) is 3.38. The molecule has 0 bridgehead atoms. The van der Waals surface area contributed by atoms with Gasteiger partial charge in [0.15, 0.2) is 6.61 Å². The molecule has 2 fully saturated rings. The predicted octanol–water partition coefficient (Wildman–Crippen LogP) is 3.36. The minimum Gasteiger partial charge on any atom is -0.484 e. The van der Waals surface area contributed by atoms with E-state index in [4.69, 9.17) is 9.47 Å². The van der Waals surface area contributed by atoms with Crippen LogP contribution in [0.4, 0.5) is 5.69 Å². The number of amides is 2. The third-order valence-corrected chi connectivity index (χ3v) is 5.24. The first-order valence-electron chi connectivity index (χ1n) is 10.1. The number of carbonyl (C=O) groups is 2. The zero-order valence-electron chi connectivity index (χ0n) is 16.1. The van der Waals surface area contributed by atoms with Gasteiger partial charge in [0.25, 0.3) is 11.8 Å². The fourth-order valence-corrected chi connectivity index (χ4v) is 3.69. The van der Waals surface area contributed by atoms with Gasteiger partial charge in [0.05, 0.1) is 6.10 Å². The molecule has 3 rings (SSSR count). The predicted molar refractivity (Wildman–Crippen MR) is 104 cm³/mol. The van der Waals surface area contributed by atoms with Crippen LogP contribution in [0.25, 0.3) is 0 Å². The number of nitrogens with zero attached hydrogens (tertiary/aromatic N) is 1. The number of ether oxygens (including phenoxy) is 2. The normalized spacial score (nSPS) is 18.5. The molecular formula is C21H30N2O4. The SMILES string of the molecule is CCC(OC1CCCC1)C(=O)Nc1cccc(OCC(=O)N2CCCC2)c1. The molecule has 1 saturated heterocycles. The first-order valence-corrected chi connectivity index (χ1v) is 10.1. The summed E-state index contributed by atoms with van der Waals surface area (Å²) < 4.78 is 11.6. The highest BCUT2D eigenvalue weighted by Gasteiger charge is 2.24. The Hall–Kier alpha value is -2.08. The quantitative estimate of drug-likeness (QED) is 0.758. The minimum atomic E-state index is -0.436. The van der Waals surface area contributed by atoms with Crippen molar-refractivity contribution in [3.63, 3.8) is 0 Å².